The fraction of sp³-hybridized carbons (Fsp3) is 0.286. The zero-order valence-corrected chi connectivity index (χ0v) is 17.5. The van der Waals surface area contributed by atoms with Crippen LogP contribution in [0.5, 0.6) is 0 Å². The number of hydrogen-bond acceptors (Lipinski definition) is 6. The molecule has 1 aliphatic heterocycles. The molecule has 162 valence electrons. The molecule has 0 spiro atoms. The number of carbonyl (C=O) groups excluding carboxylic acids is 1. The predicted molar refractivity (Wildman–Crippen MR) is 121 cm³/mol. The van der Waals surface area contributed by atoms with Gasteiger partial charge in [0, 0.05) is 30.4 Å². The molecule has 0 aliphatic carbocycles. The number of hydrogen-bond donors (Lipinski definition) is 3. The molecule has 3 rings (SSSR count). The lowest BCUT2D eigenvalue weighted by molar-refractivity contribution is -0.384. The van der Waals surface area contributed by atoms with Crippen LogP contribution in [0.15, 0.2) is 42.5 Å². The molecule has 31 heavy (non-hydrogen) atoms. The highest BCUT2D eigenvalue weighted by Crippen LogP contribution is 2.31. The maximum Gasteiger partial charge on any atom is 0.307 e. The minimum Gasteiger partial charge on any atom is -0.481 e. The van der Waals surface area contributed by atoms with Crippen molar-refractivity contribution in [1.82, 2.24) is 5.32 Å². The van der Waals surface area contributed by atoms with E-state index in [-0.39, 0.29) is 22.8 Å². The van der Waals surface area contributed by atoms with Gasteiger partial charge >= 0.3 is 5.97 Å². The van der Waals surface area contributed by atoms with Crippen LogP contribution >= 0.6 is 12.2 Å². The first-order chi connectivity index (χ1) is 14.8. The summed E-state index contributed by atoms with van der Waals surface area (Å²) in [4.78, 5) is 36.3. The van der Waals surface area contributed by atoms with Gasteiger partial charge < -0.3 is 15.3 Å². The molecule has 1 aliphatic rings. The summed E-state index contributed by atoms with van der Waals surface area (Å²) in [5, 5.41) is 25.7. The molecular formula is C21H22N4O5S. The first kappa shape index (κ1) is 22.2. The van der Waals surface area contributed by atoms with Crippen LogP contribution in [0.1, 0.15) is 35.2 Å². The van der Waals surface area contributed by atoms with Gasteiger partial charge in [-0.3, -0.25) is 25.0 Å². The Labute approximate surface area is 184 Å². The topological polar surface area (TPSA) is 125 Å². The number of nitro groups is 1. The first-order valence-electron chi connectivity index (χ1n) is 9.80. The summed E-state index contributed by atoms with van der Waals surface area (Å²) in [5.41, 5.74) is 1.75. The van der Waals surface area contributed by atoms with Crippen molar-refractivity contribution in [3.63, 3.8) is 0 Å². The summed E-state index contributed by atoms with van der Waals surface area (Å²) in [6.45, 7) is 1.51. The van der Waals surface area contributed by atoms with Crippen LogP contribution in [-0.2, 0) is 11.2 Å². The largest absolute Gasteiger partial charge is 0.481 e. The Morgan fingerprint density at radius 3 is 2.39 bits per heavy atom. The highest BCUT2D eigenvalue weighted by Gasteiger charge is 2.23. The number of thiocarbonyl (C=S) groups is 1. The molecule has 1 amide bonds. The SMILES string of the molecule is O=C(O)Cc1ccc(NC(=S)NC(=O)c2ccc(N3CCCCC3)c([N+](=O)[O-])c2)cc1. The van der Waals surface area contributed by atoms with E-state index in [4.69, 9.17) is 17.3 Å². The molecule has 9 nitrogen and oxygen atoms in total. The summed E-state index contributed by atoms with van der Waals surface area (Å²) >= 11 is 5.15. The summed E-state index contributed by atoms with van der Waals surface area (Å²) in [7, 11) is 0. The number of anilines is 2. The summed E-state index contributed by atoms with van der Waals surface area (Å²) in [6.07, 6.45) is 2.98. The zero-order valence-electron chi connectivity index (χ0n) is 16.7. The monoisotopic (exact) mass is 442 g/mol. The van der Waals surface area contributed by atoms with Gasteiger partial charge in [-0.2, -0.15) is 0 Å². The molecule has 0 radical (unpaired) electrons. The molecular weight excluding hydrogens is 420 g/mol. The van der Waals surface area contributed by atoms with Gasteiger partial charge in [-0.05, 0) is 61.3 Å². The summed E-state index contributed by atoms with van der Waals surface area (Å²) in [5.74, 6) is -1.49. The molecule has 10 heteroatoms. The first-order valence-corrected chi connectivity index (χ1v) is 10.2. The average Bonchev–Trinajstić information content (AvgIpc) is 2.75. The molecule has 1 heterocycles. The van der Waals surface area contributed by atoms with E-state index in [1.165, 1.54) is 6.07 Å². The molecule has 2 aromatic rings. The van der Waals surface area contributed by atoms with E-state index in [9.17, 15) is 19.7 Å². The van der Waals surface area contributed by atoms with Crippen molar-refractivity contribution in [2.45, 2.75) is 25.7 Å². The van der Waals surface area contributed by atoms with Crippen molar-refractivity contribution in [2.24, 2.45) is 0 Å². The Hall–Kier alpha value is -3.53. The Bertz CT molecular complexity index is 1000. The average molecular weight is 442 g/mol. The molecule has 0 bridgehead atoms. The zero-order chi connectivity index (χ0) is 22.4. The predicted octanol–water partition coefficient (Wildman–Crippen LogP) is 3.34. The minimum atomic E-state index is -0.927. The van der Waals surface area contributed by atoms with Crippen LogP contribution in [0.2, 0.25) is 0 Å². The lowest BCUT2D eigenvalue weighted by atomic mass is 10.1. The third-order valence-corrected chi connectivity index (χ3v) is 5.13. The fourth-order valence-corrected chi connectivity index (χ4v) is 3.64. The quantitative estimate of drug-likeness (QED) is 0.353. The van der Waals surface area contributed by atoms with Crippen LogP contribution < -0.4 is 15.5 Å². The molecule has 0 saturated carbocycles. The molecule has 3 N–H and O–H groups in total. The lowest BCUT2D eigenvalue weighted by Gasteiger charge is -2.28. The molecule has 0 aromatic heterocycles. The van der Waals surface area contributed by atoms with Gasteiger partial charge in [0.25, 0.3) is 11.6 Å². The van der Waals surface area contributed by atoms with Crippen LogP contribution in [0.3, 0.4) is 0 Å². The van der Waals surface area contributed by atoms with E-state index in [2.05, 4.69) is 10.6 Å². The van der Waals surface area contributed by atoms with E-state index < -0.39 is 16.8 Å². The number of aliphatic carboxylic acids is 1. The number of rotatable bonds is 6. The van der Waals surface area contributed by atoms with Gasteiger partial charge in [-0.15, -0.1) is 0 Å². The van der Waals surface area contributed by atoms with Crippen LogP contribution in [0.4, 0.5) is 17.1 Å². The fourth-order valence-electron chi connectivity index (χ4n) is 3.43. The molecule has 1 fully saturated rings. The van der Waals surface area contributed by atoms with Gasteiger partial charge in [-0.1, -0.05) is 12.1 Å². The van der Waals surface area contributed by atoms with Gasteiger partial charge in [0.1, 0.15) is 5.69 Å². The van der Waals surface area contributed by atoms with Crippen molar-refractivity contribution in [1.29, 1.82) is 0 Å². The smallest absolute Gasteiger partial charge is 0.307 e. The van der Waals surface area contributed by atoms with E-state index in [0.717, 1.165) is 32.4 Å². The van der Waals surface area contributed by atoms with Crippen molar-refractivity contribution in [3.05, 3.63) is 63.7 Å². The van der Waals surface area contributed by atoms with E-state index in [1.807, 2.05) is 4.90 Å². The third-order valence-electron chi connectivity index (χ3n) is 4.93. The van der Waals surface area contributed by atoms with Crippen LogP contribution in [-0.4, -0.2) is 40.1 Å². The van der Waals surface area contributed by atoms with Gasteiger partial charge in [0.15, 0.2) is 5.11 Å². The maximum atomic E-state index is 12.5. The Kier molecular flexibility index (Phi) is 7.14. The van der Waals surface area contributed by atoms with Crippen LogP contribution in [0, 0.1) is 10.1 Å². The number of benzene rings is 2. The molecule has 0 atom stereocenters. The molecule has 1 saturated heterocycles. The number of carbonyl (C=O) groups is 2. The Morgan fingerprint density at radius 2 is 1.77 bits per heavy atom. The number of nitrogens with zero attached hydrogens (tertiary/aromatic N) is 2. The summed E-state index contributed by atoms with van der Waals surface area (Å²) in [6, 6.07) is 11.0. The number of amides is 1. The van der Waals surface area contributed by atoms with E-state index in [1.54, 1.807) is 36.4 Å². The maximum absolute atomic E-state index is 12.5. The minimum absolute atomic E-state index is 0.0266. The van der Waals surface area contributed by atoms with E-state index in [0.29, 0.717) is 16.9 Å². The second-order valence-electron chi connectivity index (χ2n) is 7.18. The number of carboxylic acid groups (broad SMARTS) is 1. The van der Waals surface area contributed by atoms with Gasteiger partial charge in [-0.25, -0.2) is 0 Å². The highest BCUT2D eigenvalue weighted by molar-refractivity contribution is 7.80. The highest BCUT2D eigenvalue weighted by atomic mass is 32.1. The van der Waals surface area contributed by atoms with Gasteiger partial charge in [0.2, 0.25) is 0 Å². The Morgan fingerprint density at radius 1 is 1.10 bits per heavy atom. The van der Waals surface area contributed by atoms with Gasteiger partial charge in [0.05, 0.1) is 11.3 Å². The molecule has 2 aromatic carbocycles. The second-order valence-corrected chi connectivity index (χ2v) is 7.59. The number of nitro benzene ring substituents is 1. The normalized spacial score (nSPS) is 13.4. The number of nitrogens with one attached hydrogen (secondary N) is 2. The standard InChI is InChI=1S/C21H22N4O5S/c26-19(27)12-14-4-7-16(8-5-14)22-21(31)23-20(28)15-6-9-17(18(13-15)25(29)30)24-10-2-1-3-11-24/h4-9,13H,1-3,10-12H2,(H,26,27)(H2,22,23,28,31). The number of carboxylic acids is 1. The van der Waals surface area contributed by atoms with Crippen molar-refractivity contribution in [3.8, 4) is 0 Å². The van der Waals surface area contributed by atoms with Crippen LogP contribution in [0.25, 0.3) is 0 Å². The van der Waals surface area contributed by atoms with Crippen molar-refractivity contribution >= 4 is 46.3 Å². The van der Waals surface area contributed by atoms with E-state index >= 15 is 0 Å². The third kappa shape index (κ3) is 5.98. The second kappa shape index (κ2) is 9.98. The Balaban J connectivity index is 1.66. The van der Waals surface area contributed by atoms with Crippen molar-refractivity contribution < 1.29 is 19.6 Å². The molecule has 0 unspecified atom stereocenters. The van der Waals surface area contributed by atoms with Crippen molar-refractivity contribution in [2.75, 3.05) is 23.3 Å². The lowest BCUT2D eigenvalue weighted by Crippen LogP contribution is -2.34. The summed E-state index contributed by atoms with van der Waals surface area (Å²) < 4.78 is 0. The number of piperidine rings is 1.